The van der Waals surface area contributed by atoms with Gasteiger partial charge in [0.1, 0.15) is 5.73 Å². The summed E-state index contributed by atoms with van der Waals surface area (Å²) in [6.45, 7) is 10.3. The lowest BCUT2D eigenvalue weighted by atomic mass is 9.81. The molecule has 1 aromatic rings. The van der Waals surface area contributed by atoms with Crippen molar-refractivity contribution in [2.45, 2.75) is 52.2 Å². The Morgan fingerprint density at radius 3 is 2.12 bits per heavy atom. The smallest absolute Gasteiger partial charge is 0.398 e. The standard InChI is InChI=1S/C18H24BCl2FO3/c1-6-23-11-10-12(15-13(20)8-7-9-14(15)21)16(22)19-24-17(2,3)18(4,5)25-19/h7-9H,6,10-11H2,1-5H3. The largest absolute Gasteiger partial charge is 0.525 e. The molecule has 0 unspecified atom stereocenters. The highest BCUT2D eigenvalue weighted by atomic mass is 35.5. The Labute approximate surface area is 159 Å². The molecular formula is C18H24BCl2FO3. The van der Waals surface area contributed by atoms with Gasteiger partial charge in [0.25, 0.3) is 0 Å². The van der Waals surface area contributed by atoms with Gasteiger partial charge in [-0.3, -0.25) is 0 Å². The molecule has 1 aromatic carbocycles. The number of hydrogen-bond donors (Lipinski definition) is 0. The highest BCUT2D eigenvalue weighted by Crippen LogP contribution is 2.42. The third kappa shape index (κ3) is 4.40. The van der Waals surface area contributed by atoms with Crippen LogP contribution in [0.15, 0.2) is 23.9 Å². The molecule has 1 heterocycles. The average Bonchev–Trinajstić information content (AvgIpc) is 2.73. The van der Waals surface area contributed by atoms with Gasteiger partial charge >= 0.3 is 7.12 Å². The Bertz CT molecular complexity index is 625. The second kappa shape index (κ2) is 7.97. The molecule has 0 saturated carbocycles. The van der Waals surface area contributed by atoms with Crippen molar-refractivity contribution in [2.24, 2.45) is 0 Å². The summed E-state index contributed by atoms with van der Waals surface area (Å²) in [5.74, 6) is 0. The molecule has 3 nitrogen and oxygen atoms in total. The number of ether oxygens (including phenoxy) is 1. The maximum atomic E-state index is 15.4. The van der Waals surface area contributed by atoms with Crippen molar-refractivity contribution in [1.29, 1.82) is 0 Å². The van der Waals surface area contributed by atoms with Gasteiger partial charge < -0.3 is 14.0 Å². The van der Waals surface area contributed by atoms with E-state index in [0.29, 0.717) is 40.8 Å². The van der Waals surface area contributed by atoms with E-state index in [4.69, 9.17) is 37.2 Å². The molecule has 1 aliphatic heterocycles. The summed E-state index contributed by atoms with van der Waals surface area (Å²) in [5, 5.41) is 0.760. The van der Waals surface area contributed by atoms with Crippen molar-refractivity contribution in [3.05, 3.63) is 39.5 Å². The average molecular weight is 389 g/mol. The lowest BCUT2D eigenvalue weighted by Gasteiger charge is -2.32. The predicted octanol–water partition coefficient (Wildman–Crippen LogP) is 5.73. The molecule has 1 aliphatic rings. The van der Waals surface area contributed by atoms with Crippen molar-refractivity contribution in [3.8, 4) is 0 Å². The van der Waals surface area contributed by atoms with E-state index >= 15 is 4.39 Å². The Morgan fingerprint density at radius 2 is 1.64 bits per heavy atom. The second-order valence-electron chi connectivity index (χ2n) is 6.96. The predicted molar refractivity (Wildman–Crippen MR) is 102 cm³/mol. The van der Waals surface area contributed by atoms with Crippen molar-refractivity contribution in [3.63, 3.8) is 0 Å². The normalized spacial score (nSPS) is 19.9. The SMILES string of the molecule is CCOCCC(=C(F)B1OC(C)(C)C(C)(C)O1)c1c(Cl)cccc1Cl. The van der Waals surface area contributed by atoms with Crippen molar-refractivity contribution in [2.75, 3.05) is 13.2 Å². The third-order valence-corrected chi connectivity index (χ3v) is 5.34. The Morgan fingerprint density at radius 1 is 1.12 bits per heavy atom. The maximum Gasteiger partial charge on any atom is 0.525 e. The van der Waals surface area contributed by atoms with Crippen molar-refractivity contribution < 1.29 is 18.4 Å². The van der Waals surface area contributed by atoms with Gasteiger partial charge in [-0.25, -0.2) is 4.39 Å². The summed E-state index contributed by atoms with van der Waals surface area (Å²) < 4.78 is 32.4. The fraction of sp³-hybridized carbons (Fsp3) is 0.556. The lowest BCUT2D eigenvalue weighted by molar-refractivity contribution is 0.00578. The van der Waals surface area contributed by atoms with Gasteiger partial charge in [-0.15, -0.1) is 0 Å². The van der Waals surface area contributed by atoms with Crippen LogP contribution in [-0.2, 0) is 14.0 Å². The fourth-order valence-corrected chi connectivity index (χ4v) is 3.18. The minimum Gasteiger partial charge on any atom is -0.398 e. The van der Waals surface area contributed by atoms with Crippen LogP contribution in [0.2, 0.25) is 10.0 Å². The molecule has 0 atom stereocenters. The van der Waals surface area contributed by atoms with E-state index in [1.807, 2.05) is 34.6 Å². The summed E-state index contributed by atoms with van der Waals surface area (Å²) in [7, 11) is -1.10. The van der Waals surface area contributed by atoms with Crippen LogP contribution in [0.25, 0.3) is 5.57 Å². The van der Waals surface area contributed by atoms with Gasteiger partial charge in [0, 0.05) is 22.2 Å². The molecule has 0 bridgehead atoms. The highest BCUT2D eigenvalue weighted by molar-refractivity contribution is 6.55. The van der Waals surface area contributed by atoms with Crippen LogP contribution in [-0.4, -0.2) is 31.5 Å². The molecule has 0 N–H and O–H groups in total. The topological polar surface area (TPSA) is 27.7 Å². The molecule has 1 saturated heterocycles. The number of rotatable bonds is 6. The molecule has 0 radical (unpaired) electrons. The first-order chi connectivity index (χ1) is 11.6. The zero-order valence-corrected chi connectivity index (χ0v) is 16.8. The van der Waals surface area contributed by atoms with Gasteiger partial charge in [-0.1, -0.05) is 29.3 Å². The van der Waals surface area contributed by atoms with E-state index in [9.17, 15) is 0 Å². The molecule has 0 aliphatic carbocycles. The fourth-order valence-electron chi connectivity index (χ4n) is 2.56. The van der Waals surface area contributed by atoms with Gasteiger partial charge in [0.2, 0.25) is 0 Å². The van der Waals surface area contributed by atoms with Gasteiger partial charge in [0.15, 0.2) is 0 Å². The Kier molecular flexibility index (Phi) is 6.61. The summed E-state index contributed by atoms with van der Waals surface area (Å²) in [5.41, 5.74) is -0.983. The monoisotopic (exact) mass is 388 g/mol. The molecule has 25 heavy (non-hydrogen) atoms. The molecule has 7 heteroatoms. The molecule has 0 amide bonds. The third-order valence-electron chi connectivity index (χ3n) is 4.71. The number of hydrogen-bond acceptors (Lipinski definition) is 3. The van der Waals surface area contributed by atoms with Crippen LogP contribution < -0.4 is 0 Å². The van der Waals surface area contributed by atoms with Crippen LogP contribution in [0.5, 0.6) is 0 Å². The zero-order chi connectivity index (χ0) is 18.8. The summed E-state index contributed by atoms with van der Waals surface area (Å²) in [6.07, 6.45) is 0.313. The minimum atomic E-state index is -1.10. The lowest BCUT2D eigenvalue weighted by Crippen LogP contribution is -2.41. The summed E-state index contributed by atoms with van der Waals surface area (Å²) in [4.78, 5) is 0. The van der Waals surface area contributed by atoms with Gasteiger partial charge in [-0.2, -0.15) is 0 Å². The second-order valence-corrected chi connectivity index (χ2v) is 7.77. The van der Waals surface area contributed by atoms with Crippen LogP contribution in [0.3, 0.4) is 0 Å². The first-order valence-corrected chi connectivity index (χ1v) is 9.12. The minimum absolute atomic E-state index is 0.313. The zero-order valence-electron chi connectivity index (χ0n) is 15.3. The molecule has 0 aromatic heterocycles. The maximum absolute atomic E-state index is 15.4. The number of halogens is 3. The number of benzene rings is 1. The van der Waals surface area contributed by atoms with E-state index in [-0.39, 0.29) is 0 Å². The summed E-state index contributed by atoms with van der Waals surface area (Å²) >= 11 is 12.6. The summed E-state index contributed by atoms with van der Waals surface area (Å²) in [6, 6.07) is 5.09. The first kappa shape index (κ1) is 20.7. The first-order valence-electron chi connectivity index (χ1n) is 8.37. The van der Waals surface area contributed by atoms with Gasteiger partial charge in [-0.05, 0) is 58.7 Å². The Balaban J connectivity index is 2.46. The van der Waals surface area contributed by atoms with E-state index in [1.54, 1.807) is 18.2 Å². The molecule has 1 fully saturated rings. The molecular weight excluding hydrogens is 365 g/mol. The van der Waals surface area contributed by atoms with Crippen LogP contribution in [0.4, 0.5) is 4.39 Å². The highest BCUT2D eigenvalue weighted by Gasteiger charge is 2.53. The molecule has 0 spiro atoms. The molecule has 2 rings (SSSR count). The van der Waals surface area contributed by atoms with Crippen molar-refractivity contribution >= 4 is 35.9 Å². The van der Waals surface area contributed by atoms with Crippen LogP contribution in [0, 0.1) is 0 Å². The van der Waals surface area contributed by atoms with E-state index in [1.165, 1.54) is 0 Å². The van der Waals surface area contributed by atoms with Crippen LogP contribution in [0.1, 0.15) is 46.6 Å². The Hall–Kier alpha value is -0.585. The van der Waals surface area contributed by atoms with E-state index < -0.39 is 24.0 Å². The molecule has 138 valence electrons. The van der Waals surface area contributed by atoms with E-state index in [0.717, 1.165) is 0 Å². The van der Waals surface area contributed by atoms with Crippen molar-refractivity contribution in [1.82, 2.24) is 0 Å². The van der Waals surface area contributed by atoms with Crippen LogP contribution >= 0.6 is 23.2 Å². The quantitative estimate of drug-likeness (QED) is 0.459. The van der Waals surface area contributed by atoms with Gasteiger partial charge in [0.05, 0.1) is 17.8 Å². The van der Waals surface area contributed by atoms with E-state index in [2.05, 4.69) is 0 Å².